The van der Waals surface area contributed by atoms with E-state index >= 15 is 0 Å². The van der Waals surface area contributed by atoms with Crippen molar-refractivity contribution < 1.29 is 14.4 Å². The molecule has 7 aromatic rings. The number of amides is 1. The Balaban J connectivity index is 1.37. The number of phenols is 1. The molecule has 0 unspecified atom stereocenters. The molecular weight excluding hydrogens is 733 g/mol. The highest BCUT2D eigenvalue weighted by molar-refractivity contribution is 9.10. The van der Waals surface area contributed by atoms with E-state index in [-0.39, 0.29) is 23.0 Å². The number of nitrogens with zero attached hydrogens (tertiary/aromatic N) is 6. The molecule has 11 nitrogen and oxygen atoms in total. The summed E-state index contributed by atoms with van der Waals surface area (Å²) in [5.74, 6) is -1.28. The van der Waals surface area contributed by atoms with Crippen LogP contribution in [0.25, 0.3) is 27.9 Å². The number of nitrogens with one attached hydrogen (secondary N) is 1. The van der Waals surface area contributed by atoms with Crippen LogP contribution >= 0.6 is 39.1 Å². The lowest BCUT2D eigenvalue weighted by atomic mass is 9.86. The van der Waals surface area contributed by atoms with Crippen LogP contribution in [-0.2, 0) is 0 Å². The van der Waals surface area contributed by atoms with E-state index in [2.05, 4.69) is 36.7 Å². The molecule has 0 saturated carbocycles. The van der Waals surface area contributed by atoms with E-state index in [1.807, 2.05) is 48.5 Å². The average Bonchev–Trinajstić information content (AvgIpc) is 3.72. The molecule has 14 heteroatoms. The molecule has 0 spiro atoms. The van der Waals surface area contributed by atoms with Gasteiger partial charge in [-0.3, -0.25) is 14.2 Å². The second-order valence-corrected chi connectivity index (χ2v) is 12.8. The summed E-state index contributed by atoms with van der Waals surface area (Å²) in [5.41, 5.74) is 3.02. The molecule has 7 rings (SSSR count). The molecule has 0 fully saturated rings. The summed E-state index contributed by atoms with van der Waals surface area (Å²) in [6.07, 6.45) is 2.96. The van der Waals surface area contributed by atoms with E-state index in [9.17, 15) is 14.7 Å². The SMILES string of the molecule is O=C(NC[C@H]([C@H](c1ccccc1)c1noc2cc(Br)ccc12)n1cnc(-c2cc(Cl)ccc2-n2cc(Cl)nn2)cc1=O)c1ccccc1O. The van der Waals surface area contributed by atoms with Gasteiger partial charge in [0.25, 0.3) is 11.5 Å². The zero-order valence-corrected chi connectivity index (χ0v) is 28.3. The van der Waals surface area contributed by atoms with Crippen molar-refractivity contribution in [3.8, 4) is 22.7 Å². The second kappa shape index (κ2) is 13.7. The molecule has 2 atom stereocenters. The number of para-hydroxylation sites is 1. The highest BCUT2D eigenvalue weighted by Crippen LogP contribution is 2.39. The summed E-state index contributed by atoms with van der Waals surface area (Å²) in [6.45, 7) is -0.0432. The number of aromatic nitrogens is 6. The van der Waals surface area contributed by atoms with Crippen LogP contribution in [0.5, 0.6) is 5.75 Å². The Bertz CT molecular complexity index is 2380. The van der Waals surface area contributed by atoms with Crippen LogP contribution in [0.2, 0.25) is 10.2 Å². The maximum Gasteiger partial charge on any atom is 0.255 e. The largest absolute Gasteiger partial charge is 0.507 e. The number of fused-ring (bicyclic) bond motifs is 1. The number of rotatable bonds is 9. The van der Waals surface area contributed by atoms with E-state index in [0.717, 1.165) is 15.4 Å². The molecule has 0 radical (unpaired) electrons. The Morgan fingerprint density at radius 1 is 0.980 bits per heavy atom. The molecule has 0 aliphatic heterocycles. The molecule has 2 N–H and O–H groups in total. The van der Waals surface area contributed by atoms with Gasteiger partial charge in [-0.1, -0.05) is 92.0 Å². The molecular formula is C35H24BrCl2N7O4. The third-order valence-corrected chi connectivity index (χ3v) is 8.96. The average molecular weight is 757 g/mol. The predicted octanol–water partition coefficient (Wildman–Crippen LogP) is 7.21. The van der Waals surface area contributed by atoms with E-state index in [4.69, 9.17) is 32.7 Å². The maximum absolute atomic E-state index is 14.2. The third kappa shape index (κ3) is 6.58. The third-order valence-electron chi connectivity index (χ3n) is 8.06. The van der Waals surface area contributed by atoms with Gasteiger partial charge in [-0.15, -0.1) is 5.10 Å². The number of phenolic OH excluding ortho intramolecular Hbond substituents is 1. The first kappa shape index (κ1) is 32.3. The van der Waals surface area contributed by atoms with Gasteiger partial charge >= 0.3 is 0 Å². The molecule has 3 aromatic heterocycles. The number of halogens is 3. The predicted molar refractivity (Wildman–Crippen MR) is 188 cm³/mol. The summed E-state index contributed by atoms with van der Waals surface area (Å²) >= 11 is 15.9. The standard InChI is InChI=1S/C35H24BrCl2N7O4/c36-21-10-12-24-30(14-21)49-42-34(24)33(20-6-2-1-3-7-20)28(17-39-35(48)23-8-4-5-9-29(23)46)44-19-40-26(16-32(44)47)25-15-22(37)11-13-27(25)45-18-31(38)41-43-45/h1-16,18-19,28,33,46H,17H2,(H,39,48)/t28-,33+/m1/s1. The van der Waals surface area contributed by atoms with Crippen LogP contribution in [0.3, 0.4) is 0 Å². The minimum absolute atomic E-state index is 0.0432. The number of hydrogen-bond acceptors (Lipinski definition) is 8. The van der Waals surface area contributed by atoms with E-state index in [1.54, 1.807) is 30.3 Å². The molecule has 244 valence electrons. The van der Waals surface area contributed by atoms with Crippen LogP contribution < -0.4 is 10.9 Å². The van der Waals surface area contributed by atoms with Crippen LogP contribution in [0.1, 0.15) is 33.6 Å². The van der Waals surface area contributed by atoms with Gasteiger partial charge in [0, 0.05) is 33.1 Å². The van der Waals surface area contributed by atoms with Crippen LogP contribution in [0, 0.1) is 0 Å². The highest BCUT2D eigenvalue weighted by atomic mass is 79.9. The molecule has 3 heterocycles. The lowest BCUT2D eigenvalue weighted by molar-refractivity contribution is 0.0943. The van der Waals surface area contributed by atoms with Gasteiger partial charge in [0.05, 0.1) is 41.4 Å². The second-order valence-electron chi connectivity index (χ2n) is 11.1. The van der Waals surface area contributed by atoms with Crippen molar-refractivity contribution >= 4 is 56.0 Å². The van der Waals surface area contributed by atoms with Gasteiger partial charge in [-0.2, -0.15) is 0 Å². The summed E-state index contributed by atoms with van der Waals surface area (Å²) in [7, 11) is 0. The Kier molecular flexibility index (Phi) is 9.00. The highest BCUT2D eigenvalue weighted by Gasteiger charge is 2.33. The van der Waals surface area contributed by atoms with E-state index in [0.29, 0.717) is 33.2 Å². The minimum Gasteiger partial charge on any atom is -0.507 e. The van der Waals surface area contributed by atoms with Crippen molar-refractivity contribution in [1.82, 2.24) is 35.0 Å². The lowest BCUT2D eigenvalue weighted by Crippen LogP contribution is -2.38. The van der Waals surface area contributed by atoms with Crippen molar-refractivity contribution in [1.29, 1.82) is 0 Å². The molecule has 0 aliphatic rings. The molecule has 0 aliphatic carbocycles. The summed E-state index contributed by atoms with van der Waals surface area (Å²) < 4.78 is 9.51. The van der Waals surface area contributed by atoms with Crippen molar-refractivity contribution in [2.24, 2.45) is 0 Å². The smallest absolute Gasteiger partial charge is 0.255 e. The number of hydrogen-bond donors (Lipinski definition) is 2. The van der Waals surface area contributed by atoms with Gasteiger partial charge < -0.3 is 14.9 Å². The zero-order valence-electron chi connectivity index (χ0n) is 25.2. The first-order valence-electron chi connectivity index (χ1n) is 14.9. The number of carbonyl (C=O) groups is 1. The summed E-state index contributed by atoms with van der Waals surface area (Å²) in [6, 6.07) is 27.1. The topological polar surface area (TPSA) is 141 Å². The summed E-state index contributed by atoms with van der Waals surface area (Å²) in [5, 5.41) is 27.1. The minimum atomic E-state index is -0.767. The molecule has 4 aromatic carbocycles. The molecule has 0 bridgehead atoms. The number of carbonyl (C=O) groups excluding carboxylic acids is 1. The van der Waals surface area contributed by atoms with Crippen molar-refractivity contribution in [2.45, 2.75) is 12.0 Å². The lowest BCUT2D eigenvalue weighted by Gasteiger charge is -2.28. The van der Waals surface area contributed by atoms with E-state index in [1.165, 1.54) is 40.0 Å². The quantitative estimate of drug-likeness (QED) is 0.158. The Labute approximate surface area is 296 Å². The molecule has 49 heavy (non-hydrogen) atoms. The fourth-order valence-electron chi connectivity index (χ4n) is 5.79. The zero-order chi connectivity index (χ0) is 34.1. The monoisotopic (exact) mass is 755 g/mol. The first-order valence-corrected chi connectivity index (χ1v) is 16.4. The van der Waals surface area contributed by atoms with Gasteiger partial charge in [-0.25, -0.2) is 9.67 Å². The Morgan fingerprint density at radius 2 is 1.78 bits per heavy atom. The fraction of sp³-hybridized carbons (Fsp3) is 0.0857. The number of benzene rings is 4. The first-order chi connectivity index (χ1) is 23.8. The fourth-order valence-corrected chi connectivity index (χ4v) is 6.43. The van der Waals surface area contributed by atoms with Crippen LogP contribution in [-0.4, -0.2) is 47.3 Å². The normalized spacial score (nSPS) is 12.6. The van der Waals surface area contributed by atoms with Crippen LogP contribution in [0.15, 0.2) is 123 Å². The van der Waals surface area contributed by atoms with Gasteiger partial charge in [-0.05, 0) is 54.1 Å². The van der Waals surface area contributed by atoms with Gasteiger partial charge in [0.15, 0.2) is 10.7 Å². The Morgan fingerprint density at radius 3 is 2.53 bits per heavy atom. The number of aromatic hydroxyl groups is 1. The van der Waals surface area contributed by atoms with E-state index < -0.39 is 23.4 Å². The van der Waals surface area contributed by atoms with Crippen molar-refractivity contribution in [3.05, 3.63) is 151 Å². The maximum atomic E-state index is 14.2. The van der Waals surface area contributed by atoms with Gasteiger partial charge in [0.2, 0.25) is 0 Å². The van der Waals surface area contributed by atoms with Crippen molar-refractivity contribution in [2.75, 3.05) is 6.54 Å². The van der Waals surface area contributed by atoms with Crippen molar-refractivity contribution in [3.63, 3.8) is 0 Å². The summed E-state index contributed by atoms with van der Waals surface area (Å²) in [4.78, 5) is 32.3. The van der Waals surface area contributed by atoms with Crippen LogP contribution in [0.4, 0.5) is 0 Å². The Hall–Kier alpha value is -5.30. The van der Waals surface area contributed by atoms with Gasteiger partial charge in [0.1, 0.15) is 11.4 Å². The molecule has 0 saturated heterocycles. The molecule has 1 amide bonds.